The number of aliphatic carboxylic acids is 1. The lowest BCUT2D eigenvalue weighted by molar-refractivity contribution is -0.136. The molecule has 4 rings (SSSR count). The van der Waals surface area contributed by atoms with Gasteiger partial charge in [0.1, 0.15) is 11.3 Å². The summed E-state index contributed by atoms with van der Waals surface area (Å²) in [4.78, 5) is 26.5. The Morgan fingerprint density at radius 2 is 1.88 bits per heavy atom. The fourth-order valence-corrected chi connectivity index (χ4v) is 4.74. The Kier molecular flexibility index (Phi) is 7.17. The number of amides is 1. The van der Waals surface area contributed by atoms with Crippen LogP contribution < -0.4 is 10.6 Å². The zero-order valence-corrected chi connectivity index (χ0v) is 19.3. The highest BCUT2D eigenvalue weighted by molar-refractivity contribution is 5.94. The topological polar surface area (TPSA) is 95.9 Å². The van der Waals surface area contributed by atoms with E-state index in [0.717, 1.165) is 40.8 Å². The second-order valence-corrected chi connectivity index (χ2v) is 8.88. The van der Waals surface area contributed by atoms with Gasteiger partial charge < -0.3 is 20.2 Å². The molecule has 1 aliphatic rings. The number of furan rings is 1. The van der Waals surface area contributed by atoms with Gasteiger partial charge in [0.15, 0.2) is 5.69 Å². The van der Waals surface area contributed by atoms with Crippen LogP contribution in [0.3, 0.4) is 0 Å². The van der Waals surface area contributed by atoms with Gasteiger partial charge in [-0.2, -0.15) is 0 Å². The molecule has 0 spiro atoms. The third-order valence-electron chi connectivity index (χ3n) is 6.58. The molecule has 34 heavy (non-hydrogen) atoms. The highest BCUT2D eigenvalue weighted by atomic mass is 16.4. The molecule has 1 aromatic heterocycles. The van der Waals surface area contributed by atoms with Crippen molar-refractivity contribution in [2.45, 2.75) is 51.5 Å². The van der Waals surface area contributed by atoms with Crippen LogP contribution in [-0.4, -0.2) is 23.5 Å². The van der Waals surface area contributed by atoms with E-state index in [-0.39, 0.29) is 24.9 Å². The van der Waals surface area contributed by atoms with Gasteiger partial charge in [-0.15, -0.1) is 0 Å². The Morgan fingerprint density at radius 1 is 1.15 bits per heavy atom. The van der Waals surface area contributed by atoms with E-state index in [0.29, 0.717) is 17.2 Å². The fraction of sp³-hybridized carbons (Fsp3) is 0.370. The van der Waals surface area contributed by atoms with Crippen molar-refractivity contribution < 1.29 is 19.1 Å². The van der Waals surface area contributed by atoms with Gasteiger partial charge in [-0.05, 0) is 67.6 Å². The first-order valence-electron chi connectivity index (χ1n) is 11.7. The molecule has 0 radical (unpaired) electrons. The van der Waals surface area contributed by atoms with E-state index in [1.807, 2.05) is 24.3 Å². The molecule has 2 aromatic carbocycles. The lowest BCUT2D eigenvalue weighted by Crippen LogP contribution is -2.26. The number of carbonyl (C=O) groups excluding carboxylic acids is 1. The largest absolute Gasteiger partial charge is 0.481 e. The number of carbonyl (C=O) groups is 2. The first kappa shape index (κ1) is 23.4. The summed E-state index contributed by atoms with van der Waals surface area (Å²) in [6, 6.07) is 12.8. The molecule has 1 aliphatic carbocycles. The standard InChI is InChI=1S/C27H29N3O4/c1-17-22-16-21(28-2)12-13-23(22)34-26(17)25(18-6-4-3-5-7-18)30-20-10-8-19(9-11-20)27(33)29-15-14-24(31)32/h8-13,16,18,25,30H,3-7,14-15H2,1H3,(H,29,33)(H,31,32). The van der Waals surface area contributed by atoms with Crippen molar-refractivity contribution in [1.29, 1.82) is 0 Å². The molecule has 0 bridgehead atoms. The molecule has 3 aromatic rings. The van der Waals surface area contributed by atoms with Gasteiger partial charge in [0.2, 0.25) is 0 Å². The molecule has 0 aliphatic heterocycles. The summed E-state index contributed by atoms with van der Waals surface area (Å²) in [5.74, 6) is 0.0898. The first-order valence-corrected chi connectivity index (χ1v) is 11.7. The fourth-order valence-electron chi connectivity index (χ4n) is 4.74. The van der Waals surface area contributed by atoms with Crippen LogP contribution in [0.1, 0.15) is 66.2 Å². The Bertz CT molecular complexity index is 1220. The molecule has 1 fully saturated rings. The molecule has 1 amide bonds. The number of aryl methyl sites for hydroxylation is 1. The summed E-state index contributed by atoms with van der Waals surface area (Å²) in [6.07, 6.45) is 5.76. The van der Waals surface area contributed by atoms with Crippen LogP contribution in [0.5, 0.6) is 0 Å². The second kappa shape index (κ2) is 10.4. The summed E-state index contributed by atoms with van der Waals surface area (Å²) in [7, 11) is 0. The van der Waals surface area contributed by atoms with E-state index < -0.39 is 5.97 Å². The number of carboxylic acid groups (broad SMARTS) is 1. The van der Waals surface area contributed by atoms with E-state index in [2.05, 4.69) is 22.4 Å². The molecule has 3 N–H and O–H groups in total. The summed E-state index contributed by atoms with van der Waals surface area (Å²) in [6.45, 7) is 9.47. The zero-order valence-electron chi connectivity index (χ0n) is 19.3. The molecular weight excluding hydrogens is 430 g/mol. The van der Waals surface area contributed by atoms with E-state index in [9.17, 15) is 9.59 Å². The van der Waals surface area contributed by atoms with E-state index in [1.165, 1.54) is 19.3 Å². The van der Waals surface area contributed by atoms with Crippen molar-refractivity contribution in [2.24, 2.45) is 5.92 Å². The van der Waals surface area contributed by atoms with Crippen molar-refractivity contribution in [2.75, 3.05) is 11.9 Å². The van der Waals surface area contributed by atoms with Gasteiger partial charge in [-0.25, -0.2) is 4.85 Å². The Morgan fingerprint density at radius 3 is 2.56 bits per heavy atom. The van der Waals surface area contributed by atoms with Crippen molar-refractivity contribution in [3.05, 3.63) is 70.8 Å². The Labute approximate surface area is 199 Å². The van der Waals surface area contributed by atoms with Gasteiger partial charge in [-0.1, -0.05) is 25.3 Å². The minimum absolute atomic E-state index is 0.0145. The predicted molar refractivity (Wildman–Crippen MR) is 131 cm³/mol. The normalized spacial score (nSPS) is 14.9. The number of fused-ring (bicyclic) bond motifs is 1. The van der Waals surface area contributed by atoms with Crippen molar-refractivity contribution in [3.63, 3.8) is 0 Å². The Hall–Kier alpha value is -3.79. The average Bonchev–Trinajstić information content (AvgIpc) is 3.18. The molecule has 0 saturated heterocycles. The maximum absolute atomic E-state index is 12.3. The van der Waals surface area contributed by atoms with Crippen LogP contribution in [0.4, 0.5) is 11.4 Å². The summed E-state index contributed by atoms with van der Waals surface area (Å²) < 4.78 is 6.33. The van der Waals surface area contributed by atoms with Gasteiger partial charge in [-0.3, -0.25) is 9.59 Å². The number of benzene rings is 2. The quantitative estimate of drug-likeness (QED) is 0.347. The van der Waals surface area contributed by atoms with Crippen LogP contribution >= 0.6 is 0 Å². The molecule has 1 atom stereocenters. The smallest absolute Gasteiger partial charge is 0.305 e. The SMILES string of the molecule is [C-]#[N+]c1ccc2oc(C(Nc3ccc(C(=O)NCCC(=O)O)cc3)C3CCCCC3)c(C)c2c1. The summed E-state index contributed by atoms with van der Waals surface area (Å²) >= 11 is 0. The molecule has 176 valence electrons. The maximum atomic E-state index is 12.3. The van der Waals surface area contributed by atoms with Crippen LogP contribution in [0.2, 0.25) is 0 Å². The van der Waals surface area contributed by atoms with Crippen molar-refractivity contribution in [3.8, 4) is 0 Å². The molecule has 7 heteroatoms. The van der Waals surface area contributed by atoms with Gasteiger partial charge in [0.25, 0.3) is 5.91 Å². The number of anilines is 1. The molecule has 7 nitrogen and oxygen atoms in total. The number of rotatable bonds is 8. The lowest BCUT2D eigenvalue weighted by Gasteiger charge is -2.31. The highest BCUT2D eigenvalue weighted by Crippen LogP contribution is 2.41. The lowest BCUT2D eigenvalue weighted by atomic mass is 9.82. The zero-order chi connectivity index (χ0) is 24.1. The molecular formula is C27H29N3O4. The van der Waals surface area contributed by atoms with Gasteiger partial charge in [0, 0.05) is 23.2 Å². The minimum Gasteiger partial charge on any atom is -0.481 e. The molecule has 1 heterocycles. The number of carboxylic acids is 1. The second-order valence-electron chi connectivity index (χ2n) is 8.88. The third kappa shape index (κ3) is 5.23. The van der Waals surface area contributed by atoms with Crippen LogP contribution in [0.15, 0.2) is 46.9 Å². The number of hydrogen-bond donors (Lipinski definition) is 3. The monoisotopic (exact) mass is 459 g/mol. The number of hydrogen-bond acceptors (Lipinski definition) is 4. The average molecular weight is 460 g/mol. The molecule has 1 unspecified atom stereocenters. The molecule has 1 saturated carbocycles. The van der Waals surface area contributed by atoms with Crippen molar-refractivity contribution >= 4 is 34.2 Å². The minimum atomic E-state index is -0.945. The maximum Gasteiger partial charge on any atom is 0.305 e. The number of nitrogens with zero attached hydrogens (tertiary/aromatic N) is 1. The summed E-state index contributed by atoms with van der Waals surface area (Å²) in [5.41, 5.74) is 3.81. The van der Waals surface area contributed by atoms with Gasteiger partial charge >= 0.3 is 5.97 Å². The van der Waals surface area contributed by atoms with Crippen LogP contribution in [-0.2, 0) is 4.79 Å². The van der Waals surface area contributed by atoms with Crippen LogP contribution in [0, 0.1) is 19.4 Å². The van der Waals surface area contributed by atoms with Crippen molar-refractivity contribution in [1.82, 2.24) is 5.32 Å². The summed E-state index contributed by atoms with van der Waals surface area (Å²) in [5, 5.41) is 16.0. The first-order chi connectivity index (χ1) is 16.5. The predicted octanol–water partition coefficient (Wildman–Crippen LogP) is 6.23. The van der Waals surface area contributed by atoms with Gasteiger partial charge in [0.05, 0.1) is 19.0 Å². The Balaban J connectivity index is 1.57. The third-order valence-corrected chi connectivity index (χ3v) is 6.58. The van der Waals surface area contributed by atoms with Crippen LogP contribution in [0.25, 0.3) is 15.8 Å². The van der Waals surface area contributed by atoms with E-state index in [4.69, 9.17) is 16.1 Å². The number of nitrogens with one attached hydrogen (secondary N) is 2. The highest BCUT2D eigenvalue weighted by Gasteiger charge is 2.30. The van der Waals surface area contributed by atoms with E-state index >= 15 is 0 Å². The van der Waals surface area contributed by atoms with E-state index in [1.54, 1.807) is 18.2 Å².